The van der Waals surface area contributed by atoms with Crippen molar-refractivity contribution < 1.29 is 9.59 Å². The Morgan fingerprint density at radius 3 is 2.33 bits per heavy atom. The minimum atomic E-state index is -0.400. The first-order chi connectivity index (χ1) is 10.9. The van der Waals surface area contributed by atoms with E-state index in [4.69, 9.17) is 17.3 Å². The Morgan fingerprint density at radius 1 is 1.17 bits per heavy atom. The summed E-state index contributed by atoms with van der Waals surface area (Å²) in [4.78, 5) is 23.5. The summed E-state index contributed by atoms with van der Waals surface area (Å²) in [6, 6.07) is 6.70. The summed E-state index contributed by atoms with van der Waals surface area (Å²) in [6.07, 6.45) is 0.811. The van der Waals surface area contributed by atoms with Crippen LogP contribution in [0.25, 0.3) is 0 Å². The Labute approximate surface area is 154 Å². The van der Waals surface area contributed by atoms with Crippen molar-refractivity contribution in [3.63, 3.8) is 0 Å². The molecule has 0 aliphatic heterocycles. The van der Waals surface area contributed by atoms with E-state index in [0.29, 0.717) is 24.0 Å². The molecule has 1 rings (SSSR count). The number of benzene rings is 1. The predicted molar refractivity (Wildman–Crippen MR) is 99.4 cm³/mol. The summed E-state index contributed by atoms with van der Waals surface area (Å²) in [5.74, 6) is 0.197. The average molecular weight is 377 g/mol. The Bertz CT molecular complexity index is 509. The van der Waals surface area contributed by atoms with Gasteiger partial charge in [0.1, 0.15) is 0 Å². The second kappa shape index (κ2) is 11.9. The van der Waals surface area contributed by atoms with E-state index in [1.807, 2.05) is 12.1 Å². The number of urea groups is 1. The van der Waals surface area contributed by atoms with Gasteiger partial charge in [-0.1, -0.05) is 37.6 Å². The lowest BCUT2D eigenvalue weighted by Crippen LogP contribution is -2.47. The van der Waals surface area contributed by atoms with Gasteiger partial charge in [0, 0.05) is 24.2 Å². The van der Waals surface area contributed by atoms with E-state index in [0.717, 1.165) is 12.0 Å². The first-order valence-electron chi connectivity index (χ1n) is 7.66. The van der Waals surface area contributed by atoms with Crippen LogP contribution in [0.15, 0.2) is 24.3 Å². The largest absolute Gasteiger partial charge is 0.351 e. The third-order valence-electron chi connectivity index (χ3n) is 3.18. The number of carbonyl (C=O) groups is 2. The van der Waals surface area contributed by atoms with Crippen LogP contribution in [-0.2, 0) is 11.3 Å². The molecule has 0 saturated heterocycles. The van der Waals surface area contributed by atoms with Gasteiger partial charge in [0.05, 0.1) is 6.54 Å². The molecular formula is C16H26Cl2N4O2. The zero-order valence-corrected chi connectivity index (χ0v) is 15.5. The van der Waals surface area contributed by atoms with E-state index < -0.39 is 6.03 Å². The van der Waals surface area contributed by atoms with Crippen molar-refractivity contribution in [2.45, 2.75) is 32.9 Å². The summed E-state index contributed by atoms with van der Waals surface area (Å²) in [5, 5.41) is 8.65. The molecule has 0 bridgehead atoms. The van der Waals surface area contributed by atoms with Crippen LogP contribution in [0, 0.1) is 5.92 Å². The van der Waals surface area contributed by atoms with Gasteiger partial charge in [-0.2, -0.15) is 0 Å². The van der Waals surface area contributed by atoms with Gasteiger partial charge >= 0.3 is 6.03 Å². The zero-order valence-electron chi connectivity index (χ0n) is 14.0. The highest BCUT2D eigenvalue weighted by Gasteiger charge is 2.12. The fourth-order valence-corrected chi connectivity index (χ4v) is 2.20. The quantitative estimate of drug-likeness (QED) is 0.558. The molecule has 0 spiro atoms. The fourth-order valence-electron chi connectivity index (χ4n) is 2.07. The summed E-state index contributed by atoms with van der Waals surface area (Å²) >= 11 is 5.79. The molecule has 8 heteroatoms. The molecule has 0 saturated carbocycles. The first-order valence-corrected chi connectivity index (χ1v) is 8.04. The highest BCUT2D eigenvalue weighted by molar-refractivity contribution is 6.30. The van der Waals surface area contributed by atoms with Gasteiger partial charge in [0.2, 0.25) is 5.91 Å². The van der Waals surface area contributed by atoms with Gasteiger partial charge in [0.15, 0.2) is 0 Å². The van der Waals surface area contributed by atoms with Gasteiger partial charge < -0.3 is 21.7 Å². The smallest absolute Gasteiger partial charge is 0.315 e. The molecule has 1 unspecified atom stereocenters. The van der Waals surface area contributed by atoms with Crippen LogP contribution in [-0.4, -0.2) is 31.1 Å². The lowest BCUT2D eigenvalue weighted by molar-refractivity contribution is -0.120. The summed E-state index contributed by atoms with van der Waals surface area (Å²) in [6.45, 7) is 4.80. The second-order valence-corrected chi connectivity index (χ2v) is 6.23. The molecular weight excluding hydrogens is 351 g/mol. The maximum atomic E-state index is 11.8. The molecule has 0 aromatic heterocycles. The van der Waals surface area contributed by atoms with Crippen LogP contribution in [0.1, 0.15) is 25.8 Å². The van der Waals surface area contributed by atoms with Crippen molar-refractivity contribution in [3.8, 4) is 0 Å². The topological polar surface area (TPSA) is 96.2 Å². The van der Waals surface area contributed by atoms with Crippen molar-refractivity contribution in [2.24, 2.45) is 11.7 Å². The van der Waals surface area contributed by atoms with Gasteiger partial charge in [0.25, 0.3) is 0 Å². The van der Waals surface area contributed by atoms with E-state index in [-0.39, 0.29) is 30.9 Å². The van der Waals surface area contributed by atoms with Crippen LogP contribution in [0.2, 0.25) is 5.02 Å². The normalized spacial score (nSPS) is 11.4. The number of hydrogen-bond acceptors (Lipinski definition) is 3. The minimum absolute atomic E-state index is 0. The molecule has 0 fully saturated rings. The van der Waals surface area contributed by atoms with Crippen molar-refractivity contribution in [2.75, 3.05) is 13.1 Å². The molecule has 3 amide bonds. The number of nitrogens with two attached hydrogens (primary N) is 1. The highest BCUT2D eigenvalue weighted by Crippen LogP contribution is 2.09. The van der Waals surface area contributed by atoms with Crippen LogP contribution in [0.5, 0.6) is 0 Å². The molecule has 0 aliphatic rings. The number of nitrogens with one attached hydrogen (secondary N) is 3. The van der Waals surface area contributed by atoms with Crippen molar-refractivity contribution in [1.29, 1.82) is 0 Å². The predicted octanol–water partition coefficient (Wildman–Crippen LogP) is 2.05. The SMILES string of the molecule is CC(C)CC(CN)NC(=O)CNC(=O)NCc1ccc(Cl)cc1.Cl. The van der Waals surface area contributed by atoms with Crippen LogP contribution >= 0.6 is 24.0 Å². The molecule has 1 atom stereocenters. The molecule has 1 aromatic carbocycles. The first kappa shape index (κ1) is 22.5. The Kier molecular flexibility index (Phi) is 11.2. The average Bonchev–Trinajstić information content (AvgIpc) is 2.51. The molecule has 0 heterocycles. The van der Waals surface area contributed by atoms with Crippen molar-refractivity contribution in [1.82, 2.24) is 16.0 Å². The lowest BCUT2D eigenvalue weighted by Gasteiger charge is -2.19. The maximum Gasteiger partial charge on any atom is 0.315 e. The number of carbonyl (C=O) groups excluding carboxylic acids is 2. The molecule has 6 nitrogen and oxygen atoms in total. The second-order valence-electron chi connectivity index (χ2n) is 5.79. The highest BCUT2D eigenvalue weighted by atomic mass is 35.5. The summed E-state index contributed by atoms with van der Waals surface area (Å²) < 4.78 is 0. The monoisotopic (exact) mass is 376 g/mol. The lowest BCUT2D eigenvalue weighted by atomic mass is 10.0. The molecule has 1 aromatic rings. The molecule has 136 valence electrons. The van der Waals surface area contributed by atoms with Crippen LogP contribution in [0.4, 0.5) is 4.79 Å². The molecule has 24 heavy (non-hydrogen) atoms. The number of rotatable bonds is 8. The van der Waals surface area contributed by atoms with Gasteiger partial charge in [-0.25, -0.2) is 4.79 Å². The van der Waals surface area contributed by atoms with E-state index in [2.05, 4.69) is 29.8 Å². The van der Waals surface area contributed by atoms with E-state index in [9.17, 15) is 9.59 Å². The van der Waals surface area contributed by atoms with E-state index in [1.165, 1.54) is 0 Å². The Balaban J connectivity index is 0.00000529. The van der Waals surface area contributed by atoms with E-state index in [1.54, 1.807) is 12.1 Å². The van der Waals surface area contributed by atoms with Crippen LogP contribution < -0.4 is 21.7 Å². The summed E-state index contributed by atoms with van der Waals surface area (Å²) in [7, 11) is 0. The number of halogens is 2. The molecule has 0 radical (unpaired) electrons. The summed E-state index contributed by atoms with van der Waals surface area (Å²) in [5.41, 5.74) is 6.55. The molecule has 5 N–H and O–H groups in total. The standard InChI is InChI=1S/C16H25ClN4O2.ClH/c1-11(2)7-14(8-18)21-15(22)10-20-16(23)19-9-12-3-5-13(17)6-4-12;/h3-6,11,14H,7-10,18H2,1-2H3,(H,21,22)(H2,19,20,23);1H. The van der Waals surface area contributed by atoms with E-state index >= 15 is 0 Å². The van der Waals surface area contributed by atoms with Gasteiger partial charge in [-0.3, -0.25) is 4.79 Å². The minimum Gasteiger partial charge on any atom is -0.351 e. The Morgan fingerprint density at radius 2 is 1.79 bits per heavy atom. The third-order valence-corrected chi connectivity index (χ3v) is 3.43. The van der Waals surface area contributed by atoms with Gasteiger partial charge in [-0.05, 0) is 30.0 Å². The zero-order chi connectivity index (χ0) is 17.2. The Hall–Kier alpha value is -1.50. The van der Waals surface area contributed by atoms with Crippen molar-refractivity contribution >= 4 is 35.9 Å². The number of amides is 3. The third kappa shape index (κ3) is 9.60. The fraction of sp³-hybridized carbons (Fsp3) is 0.500. The van der Waals surface area contributed by atoms with Gasteiger partial charge in [-0.15, -0.1) is 12.4 Å². The van der Waals surface area contributed by atoms with Crippen LogP contribution in [0.3, 0.4) is 0 Å². The molecule has 0 aliphatic carbocycles. The maximum absolute atomic E-state index is 11.8. The number of hydrogen-bond donors (Lipinski definition) is 4. The van der Waals surface area contributed by atoms with Crippen molar-refractivity contribution in [3.05, 3.63) is 34.9 Å².